The van der Waals surface area contributed by atoms with Gasteiger partial charge < -0.3 is 4.41 Å². The van der Waals surface area contributed by atoms with Crippen molar-refractivity contribution < 1.29 is 0 Å². The molecule has 8 atom stereocenters. The number of rotatable bonds is 4. The molecule has 0 spiro atoms. The molecule has 0 aliphatic heterocycles. The molecular formula is C37H68NPSi. The molecule has 6 saturated carbocycles. The number of nitrogens with zero attached hydrogens (tertiary/aromatic N) is 1. The summed E-state index contributed by atoms with van der Waals surface area (Å²) in [6.07, 6.45) is 26.9. The first-order valence-electron chi connectivity index (χ1n) is 17.9. The smallest absolute Gasteiger partial charge is 0.170 e. The van der Waals surface area contributed by atoms with Crippen molar-refractivity contribution in [3.05, 3.63) is 0 Å². The fraction of sp³-hybridized carbons (Fsp3) is 1.00. The second-order valence-electron chi connectivity index (χ2n) is 20.8. The van der Waals surface area contributed by atoms with Crippen LogP contribution in [0, 0.1) is 33.5 Å². The second kappa shape index (κ2) is 9.24. The highest BCUT2D eigenvalue weighted by molar-refractivity contribution is 7.72. The average Bonchev–Trinajstić information content (AvgIpc) is 2.72. The molecule has 0 radical (unpaired) electrons. The maximum atomic E-state index is 6.83. The van der Waals surface area contributed by atoms with Crippen LogP contribution < -0.4 is 0 Å². The summed E-state index contributed by atoms with van der Waals surface area (Å²) in [4.78, 5) is 0. The van der Waals surface area contributed by atoms with Gasteiger partial charge in [0.05, 0.1) is 0 Å². The zero-order chi connectivity index (χ0) is 29.1. The summed E-state index contributed by atoms with van der Waals surface area (Å²) >= 11 is 0. The van der Waals surface area contributed by atoms with E-state index < -0.39 is 15.3 Å². The van der Waals surface area contributed by atoms with Gasteiger partial charge in [0.2, 0.25) is 0 Å². The summed E-state index contributed by atoms with van der Waals surface area (Å²) < 4.78 is 6.83. The minimum atomic E-state index is -1.81. The SMILES string of the molecule is CC1(C)CC2(C)CCCC(P(=N[Si](C)(C)C)(C3(C)CC4CCCC(C4)C3)C3(C)CC4(C)CCC[C@@](C)(C4)C3)(C1)C2. The van der Waals surface area contributed by atoms with Crippen LogP contribution in [-0.4, -0.2) is 23.7 Å². The topological polar surface area (TPSA) is 12.4 Å². The van der Waals surface area contributed by atoms with Gasteiger partial charge in [0.25, 0.3) is 0 Å². The van der Waals surface area contributed by atoms with Crippen LogP contribution in [0.5, 0.6) is 0 Å². The maximum Gasteiger partial charge on any atom is 0.170 e. The van der Waals surface area contributed by atoms with Crippen LogP contribution >= 0.6 is 7.05 Å². The fourth-order valence-corrected chi connectivity index (χ4v) is 29.1. The summed E-state index contributed by atoms with van der Waals surface area (Å²) in [5.74, 6) is 1.96. The molecule has 6 fully saturated rings. The first-order valence-corrected chi connectivity index (χ1v) is 23.1. The van der Waals surface area contributed by atoms with Crippen LogP contribution in [0.25, 0.3) is 0 Å². The molecule has 40 heavy (non-hydrogen) atoms. The van der Waals surface area contributed by atoms with E-state index in [0.717, 1.165) is 11.8 Å². The molecule has 0 aromatic carbocycles. The molecule has 6 rings (SSSR count). The molecule has 0 aromatic rings. The van der Waals surface area contributed by atoms with Gasteiger partial charge in [0.1, 0.15) is 0 Å². The Bertz CT molecular complexity index is 1030. The zero-order valence-electron chi connectivity index (χ0n) is 28.8. The molecule has 0 heterocycles. The minimum Gasteiger partial charge on any atom is -0.336 e. The Balaban J connectivity index is 1.67. The Morgan fingerprint density at radius 2 is 1.10 bits per heavy atom. The third-order valence-electron chi connectivity index (χ3n) is 14.0. The zero-order valence-corrected chi connectivity index (χ0v) is 30.7. The first-order chi connectivity index (χ1) is 18.3. The lowest BCUT2D eigenvalue weighted by atomic mass is 9.53. The largest absolute Gasteiger partial charge is 0.336 e. The van der Waals surface area contributed by atoms with Crippen LogP contribution in [0.4, 0.5) is 0 Å². The van der Waals surface area contributed by atoms with Crippen molar-refractivity contribution in [2.24, 2.45) is 37.9 Å². The summed E-state index contributed by atoms with van der Waals surface area (Å²) in [7, 11) is -3.53. The van der Waals surface area contributed by atoms with Gasteiger partial charge in [-0.2, -0.15) is 0 Å². The number of fused-ring (bicyclic) bond motifs is 6. The van der Waals surface area contributed by atoms with Crippen molar-refractivity contribution in [1.82, 2.24) is 0 Å². The third kappa shape index (κ3) is 4.85. The minimum absolute atomic E-state index is 0.404. The van der Waals surface area contributed by atoms with Crippen molar-refractivity contribution in [3.63, 3.8) is 0 Å². The standard InChI is InChI=1S/C37H68NPSi/c1-31(2)23-32(3)18-13-19-37(24-31,28-32)39(38-40(8,9)10,35(6)21-29-14-11-15-30(20-29)22-35)36(7)26-33(4)16-12-17-34(5,25-33)27-36/h29-30H,11-28H2,1-10H3/t29?,30?,32?,33-,34?,35?,36?,37?,39?/m0/s1. The van der Waals surface area contributed by atoms with Gasteiger partial charge >= 0.3 is 0 Å². The fourth-order valence-electron chi connectivity index (χ4n) is 15.2. The van der Waals surface area contributed by atoms with E-state index in [0.29, 0.717) is 37.1 Å². The van der Waals surface area contributed by atoms with Gasteiger partial charge in [0, 0.05) is 15.5 Å². The molecule has 0 amide bonds. The van der Waals surface area contributed by atoms with Gasteiger partial charge in [-0.1, -0.05) is 100 Å². The lowest BCUT2D eigenvalue weighted by Crippen LogP contribution is -2.61. The van der Waals surface area contributed by atoms with Gasteiger partial charge in [-0.3, -0.25) is 0 Å². The van der Waals surface area contributed by atoms with E-state index in [-0.39, 0.29) is 0 Å². The Kier molecular flexibility index (Phi) is 7.04. The Hall–Kier alpha value is 0.447. The molecule has 0 aromatic heterocycles. The molecule has 0 saturated heterocycles. The van der Waals surface area contributed by atoms with E-state index in [2.05, 4.69) is 68.1 Å². The van der Waals surface area contributed by atoms with E-state index in [1.54, 1.807) is 6.42 Å². The van der Waals surface area contributed by atoms with Crippen molar-refractivity contribution in [3.8, 4) is 0 Å². The van der Waals surface area contributed by atoms with Crippen molar-refractivity contribution >= 4 is 15.3 Å². The van der Waals surface area contributed by atoms with Crippen LogP contribution in [0.15, 0.2) is 4.41 Å². The van der Waals surface area contributed by atoms with Crippen molar-refractivity contribution in [2.45, 2.75) is 199 Å². The van der Waals surface area contributed by atoms with E-state index >= 15 is 0 Å². The van der Waals surface area contributed by atoms with E-state index in [1.807, 2.05) is 0 Å². The number of hydrogen-bond acceptors (Lipinski definition) is 1. The average molecular weight is 586 g/mol. The Morgan fingerprint density at radius 1 is 0.575 bits per heavy atom. The first kappa shape index (κ1) is 30.5. The van der Waals surface area contributed by atoms with E-state index in [9.17, 15) is 0 Å². The molecule has 3 heteroatoms. The highest BCUT2D eigenvalue weighted by Gasteiger charge is 2.70. The number of hydrogen-bond donors (Lipinski definition) is 0. The molecule has 6 aliphatic carbocycles. The van der Waals surface area contributed by atoms with Crippen LogP contribution in [0.3, 0.4) is 0 Å². The monoisotopic (exact) mass is 585 g/mol. The molecule has 6 bridgehead atoms. The quantitative estimate of drug-likeness (QED) is 0.230. The molecule has 230 valence electrons. The summed E-state index contributed by atoms with van der Waals surface area (Å²) in [6, 6.07) is 0. The predicted molar refractivity (Wildman–Crippen MR) is 180 cm³/mol. The van der Waals surface area contributed by atoms with Gasteiger partial charge in [-0.15, -0.1) is 0 Å². The van der Waals surface area contributed by atoms with Crippen LogP contribution in [0.1, 0.15) is 164 Å². The van der Waals surface area contributed by atoms with Gasteiger partial charge in [0.15, 0.2) is 8.24 Å². The third-order valence-corrected chi connectivity index (χ3v) is 23.3. The second-order valence-corrected chi connectivity index (χ2v) is 30.3. The summed E-state index contributed by atoms with van der Waals surface area (Å²) in [5.41, 5.74) is 2.03. The molecule has 0 N–H and O–H groups in total. The lowest BCUT2D eigenvalue weighted by Gasteiger charge is -2.73. The van der Waals surface area contributed by atoms with Gasteiger partial charge in [-0.05, 0) is 124 Å². The molecular weight excluding hydrogens is 517 g/mol. The normalized spacial score (nSPS) is 52.0. The molecule has 6 aliphatic rings. The summed E-state index contributed by atoms with van der Waals surface area (Å²) in [5, 5.41) is 1.32. The van der Waals surface area contributed by atoms with Gasteiger partial charge in [-0.25, -0.2) is 0 Å². The molecule has 7 unspecified atom stereocenters. The molecule has 1 nitrogen and oxygen atoms in total. The Labute approximate surface area is 251 Å². The van der Waals surface area contributed by atoms with Crippen molar-refractivity contribution in [1.29, 1.82) is 0 Å². The lowest BCUT2D eigenvalue weighted by molar-refractivity contribution is -0.00164. The summed E-state index contributed by atoms with van der Waals surface area (Å²) in [6.45, 7) is 27.4. The van der Waals surface area contributed by atoms with Crippen LogP contribution in [0.2, 0.25) is 19.6 Å². The van der Waals surface area contributed by atoms with Crippen molar-refractivity contribution in [2.75, 3.05) is 0 Å². The van der Waals surface area contributed by atoms with Crippen LogP contribution in [-0.2, 0) is 0 Å². The highest BCUT2D eigenvalue weighted by atomic mass is 31.2. The maximum absolute atomic E-state index is 6.83. The Morgan fingerprint density at radius 3 is 1.65 bits per heavy atom. The predicted octanol–water partition coefficient (Wildman–Crippen LogP) is 12.7. The highest BCUT2D eigenvalue weighted by Crippen LogP contribution is 2.89. The van der Waals surface area contributed by atoms with E-state index in [4.69, 9.17) is 4.41 Å². The van der Waals surface area contributed by atoms with E-state index in [1.165, 1.54) is 109 Å².